The molecule has 1 fully saturated rings. The van der Waals surface area contributed by atoms with Gasteiger partial charge in [-0.1, -0.05) is 32.0 Å². The first kappa shape index (κ1) is 13.5. The lowest BCUT2D eigenvalue weighted by molar-refractivity contribution is 0.227. The smallest absolute Gasteiger partial charge is 0.127 e. The Hall–Kier alpha value is -0.890. The fourth-order valence-electron chi connectivity index (χ4n) is 3.35. The molecule has 0 amide bonds. The van der Waals surface area contributed by atoms with Gasteiger partial charge in [0.2, 0.25) is 0 Å². The molecule has 1 saturated carbocycles. The summed E-state index contributed by atoms with van der Waals surface area (Å²) in [5.74, 6) is 1.45. The molecule has 1 N–H and O–H groups in total. The van der Waals surface area contributed by atoms with Crippen LogP contribution in [0.5, 0.6) is 0 Å². The molecular formula is C16H24FN. The second kappa shape index (κ2) is 5.83. The van der Waals surface area contributed by atoms with Gasteiger partial charge in [0.25, 0.3) is 0 Å². The van der Waals surface area contributed by atoms with Crippen LogP contribution in [0.15, 0.2) is 24.3 Å². The molecule has 1 aliphatic rings. The molecule has 2 unspecified atom stereocenters. The predicted molar refractivity (Wildman–Crippen MR) is 73.9 cm³/mol. The summed E-state index contributed by atoms with van der Waals surface area (Å²) in [5.41, 5.74) is 0.781. The number of hydrogen-bond acceptors (Lipinski definition) is 1. The maximum Gasteiger partial charge on any atom is 0.127 e. The van der Waals surface area contributed by atoms with Gasteiger partial charge in [0.05, 0.1) is 0 Å². The second-order valence-corrected chi connectivity index (χ2v) is 6.02. The Morgan fingerprint density at radius 2 is 1.72 bits per heavy atom. The second-order valence-electron chi connectivity index (χ2n) is 6.02. The van der Waals surface area contributed by atoms with Crippen molar-refractivity contribution in [2.24, 2.45) is 11.8 Å². The fraction of sp³-hybridized carbons (Fsp3) is 0.625. The third kappa shape index (κ3) is 3.32. The van der Waals surface area contributed by atoms with Crippen molar-refractivity contribution < 1.29 is 4.39 Å². The van der Waals surface area contributed by atoms with Crippen LogP contribution < -0.4 is 5.32 Å². The zero-order valence-corrected chi connectivity index (χ0v) is 11.6. The molecule has 0 heterocycles. The largest absolute Gasteiger partial charge is 0.307 e. The van der Waals surface area contributed by atoms with E-state index in [1.54, 1.807) is 12.1 Å². The topological polar surface area (TPSA) is 12.0 Å². The van der Waals surface area contributed by atoms with Gasteiger partial charge < -0.3 is 5.32 Å². The summed E-state index contributed by atoms with van der Waals surface area (Å²) in [6.45, 7) is 6.69. The van der Waals surface area contributed by atoms with E-state index in [0.717, 1.165) is 17.4 Å². The van der Waals surface area contributed by atoms with E-state index in [9.17, 15) is 4.39 Å². The van der Waals surface area contributed by atoms with Crippen LogP contribution >= 0.6 is 0 Å². The highest BCUT2D eigenvalue weighted by atomic mass is 19.1. The number of hydrogen-bond donors (Lipinski definition) is 1. The Labute approximate surface area is 110 Å². The molecule has 0 radical (unpaired) electrons. The molecular weight excluding hydrogens is 225 g/mol. The van der Waals surface area contributed by atoms with Crippen molar-refractivity contribution in [2.45, 2.75) is 52.1 Å². The van der Waals surface area contributed by atoms with E-state index < -0.39 is 0 Å². The van der Waals surface area contributed by atoms with E-state index in [2.05, 4.69) is 26.1 Å². The Balaban J connectivity index is 1.99. The van der Waals surface area contributed by atoms with Crippen molar-refractivity contribution in [3.8, 4) is 0 Å². The van der Waals surface area contributed by atoms with Crippen molar-refractivity contribution in [3.05, 3.63) is 35.6 Å². The maximum atomic E-state index is 13.7. The molecule has 2 heteroatoms. The van der Waals surface area contributed by atoms with Crippen LogP contribution in [0.1, 0.15) is 51.6 Å². The predicted octanol–water partition coefficient (Wildman–Crippen LogP) is 4.30. The summed E-state index contributed by atoms with van der Waals surface area (Å²) in [6.07, 6.45) is 3.75. The first-order valence-electron chi connectivity index (χ1n) is 7.06. The van der Waals surface area contributed by atoms with Gasteiger partial charge in [0, 0.05) is 17.6 Å². The molecule has 1 aromatic rings. The molecule has 0 saturated heterocycles. The van der Waals surface area contributed by atoms with E-state index in [1.165, 1.54) is 19.3 Å². The standard InChI is InChI=1S/C16H24FN/c1-11-8-12(2)10-14(9-11)18-13(3)15-6-4-5-7-16(15)17/h4-7,11-14,18H,8-10H2,1-3H3/t11?,12?,13-,14?/m1/s1. The summed E-state index contributed by atoms with van der Waals surface area (Å²) in [4.78, 5) is 0. The Kier molecular flexibility index (Phi) is 4.39. The molecule has 0 bridgehead atoms. The van der Waals surface area contributed by atoms with Crippen LogP contribution in [-0.2, 0) is 0 Å². The molecule has 18 heavy (non-hydrogen) atoms. The third-order valence-electron chi connectivity index (χ3n) is 4.04. The molecule has 0 aliphatic heterocycles. The van der Waals surface area contributed by atoms with Crippen molar-refractivity contribution in [1.82, 2.24) is 5.32 Å². The highest BCUT2D eigenvalue weighted by Crippen LogP contribution is 2.30. The van der Waals surface area contributed by atoms with Crippen molar-refractivity contribution in [1.29, 1.82) is 0 Å². The van der Waals surface area contributed by atoms with Gasteiger partial charge in [0.15, 0.2) is 0 Å². The van der Waals surface area contributed by atoms with Crippen LogP contribution in [0.2, 0.25) is 0 Å². The van der Waals surface area contributed by atoms with Gasteiger partial charge >= 0.3 is 0 Å². The lowest BCUT2D eigenvalue weighted by atomic mass is 9.80. The first-order valence-corrected chi connectivity index (χ1v) is 7.06. The number of benzene rings is 1. The van der Waals surface area contributed by atoms with Crippen LogP contribution in [0.4, 0.5) is 4.39 Å². The van der Waals surface area contributed by atoms with Gasteiger partial charge in [-0.3, -0.25) is 0 Å². The van der Waals surface area contributed by atoms with E-state index >= 15 is 0 Å². The van der Waals surface area contributed by atoms with Crippen LogP contribution in [0.25, 0.3) is 0 Å². The third-order valence-corrected chi connectivity index (χ3v) is 4.04. The molecule has 0 spiro atoms. The van der Waals surface area contributed by atoms with Crippen molar-refractivity contribution in [2.75, 3.05) is 0 Å². The highest BCUT2D eigenvalue weighted by Gasteiger charge is 2.25. The monoisotopic (exact) mass is 249 g/mol. The summed E-state index contributed by atoms with van der Waals surface area (Å²) < 4.78 is 13.7. The normalized spacial score (nSPS) is 30.1. The van der Waals surface area contributed by atoms with Gasteiger partial charge in [-0.15, -0.1) is 0 Å². The van der Waals surface area contributed by atoms with Gasteiger partial charge in [0.1, 0.15) is 5.82 Å². The minimum absolute atomic E-state index is 0.0914. The van der Waals surface area contributed by atoms with E-state index in [1.807, 2.05) is 12.1 Å². The zero-order chi connectivity index (χ0) is 13.1. The quantitative estimate of drug-likeness (QED) is 0.842. The minimum atomic E-state index is -0.102. The van der Waals surface area contributed by atoms with E-state index in [0.29, 0.717) is 6.04 Å². The summed E-state index contributed by atoms with van der Waals surface area (Å²) in [7, 11) is 0. The van der Waals surface area contributed by atoms with Crippen LogP contribution in [0, 0.1) is 17.7 Å². The van der Waals surface area contributed by atoms with Crippen LogP contribution in [0.3, 0.4) is 0 Å². The van der Waals surface area contributed by atoms with Gasteiger partial charge in [-0.05, 0) is 44.1 Å². The molecule has 2 rings (SSSR count). The first-order chi connectivity index (χ1) is 8.56. The fourth-order valence-corrected chi connectivity index (χ4v) is 3.35. The average Bonchev–Trinajstić information content (AvgIpc) is 2.27. The van der Waals surface area contributed by atoms with Gasteiger partial charge in [-0.25, -0.2) is 4.39 Å². The van der Waals surface area contributed by atoms with Crippen molar-refractivity contribution >= 4 is 0 Å². The van der Waals surface area contributed by atoms with Crippen LogP contribution in [-0.4, -0.2) is 6.04 Å². The number of halogens is 1. The Morgan fingerprint density at radius 3 is 2.33 bits per heavy atom. The molecule has 100 valence electrons. The number of nitrogens with one attached hydrogen (secondary N) is 1. The van der Waals surface area contributed by atoms with Crippen molar-refractivity contribution in [3.63, 3.8) is 0 Å². The summed E-state index contributed by atoms with van der Waals surface area (Å²) in [5, 5.41) is 3.60. The maximum absolute atomic E-state index is 13.7. The summed E-state index contributed by atoms with van der Waals surface area (Å²) in [6, 6.07) is 7.69. The Bertz CT molecular complexity index is 380. The summed E-state index contributed by atoms with van der Waals surface area (Å²) >= 11 is 0. The molecule has 3 atom stereocenters. The molecule has 1 aromatic carbocycles. The van der Waals surface area contributed by atoms with E-state index in [-0.39, 0.29) is 11.9 Å². The van der Waals surface area contributed by atoms with Gasteiger partial charge in [-0.2, -0.15) is 0 Å². The lowest BCUT2D eigenvalue weighted by Crippen LogP contribution is -2.38. The average molecular weight is 249 g/mol. The minimum Gasteiger partial charge on any atom is -0.307 e. The van der Waals surface area contributed by atoms with E-state index in [4.69, 9.17) is 0 Å². The lowest BCUT2D eigenvalue weighted by Gasteiger charge is -2.34. The Morgan fingerprint density at radius 1 is 1.11 bits per heavy atom. The number of rotatable bonds is 3. The molecule has 1 nitrogen and oxygen atoms in total. The zero-order valence-electron chi connectivity index (χ0n) is 11.6. The molecule has 0 aromatic heterocycles. The highest BCUT2D eigenvalue weighted by molar-refractivity contribution is 5.20. The molecule has 1 aliphatic carbocycles. The SMILES string of the molecule is CC1CC(C)CC(N[C@H](C)c2ccccc2F)C1.